The van der Waals surface area contributed by atoms with Gasteiger partial charge in [0.1, 0.15) is 11.6 Å². The van der Waals surface area contributed by atoms with Gasteiger partial charge >= 0.3 is 0 Å². The number of carbonyl (C=O) groups excluding carboxylic acids is 1. The number of nitrogens with one attached hydrogen (secondary N) is 2. The average Bonchev–Trinajstić information content (AvgIpc) is 3.19. The fraction of sp³-hybridized carbons (Fsp3) is 0.200. The Balaban J connectivity index is 1.68. The van der Waals surface area contributed by atoms with Crippen LogP contribution in [0.15, 0.2) is 64.5 Å². The number of rotatable bonds is 6. The number of amidine groups is 1. The highest BCUT2D eigenvalue weighted by Crippen LogP contribution is 2.17. The third kappa shape index (κ3) is 5.20. The highest BCUT2D eigenvalue weighted by molar-refractivity contribution is 7.90. The number of carbonyl (C=O) groups is 1. The maximum absolute atomic E-state index is 12.5. The predicted octanol–water partition coefficient (Wildman–Crippen LogP) is 2.82. The zero-order chi connectivity index (χ0) is 20.0. The van der Waals surface area contributed by atoms with Gasteiger partial charge in [-0.05, 0) is 48.4 Å². The van der Waals surface area contributed by atoms with E-state index in [1.54, 1.807) is 31.4 Å². The number of ether oxygens (including phenoxy) is 1. The zero-order valence-electron chi connectivity index (χ0n) is 15.4. The Morgan fingerprint density at radius 1 is 1.18 bits per heavy atom. The van der Waals surface area contributed by atoms with Crippen molar-refractivity contribution >= 4 is 33.5 Å². The Morgan fingerprint density at radius 3 is 2.75 bits per heavy atom. The van der Waals surface area contributed by atoms with E-state index in [1.807, 2.05) is 18.2 Å². The van der Waals surface area contributed by atoms with Gasteiger partial charge in [-0.2, -0.15) is 0 Å². The number of sulfonamides is 1. The van der Waals surface area contributed by atoms with Crippen LogP contribution in [-0.2, 0) is 14.8 Å². The largest absolute Gasteiger partial charge is 0.497 e. The molecule has 146 valence electrons. The van der Waals surface area contributed by atoms with E-state index in [1.165, 1.54) is 18.2 Å². The van der Waals surface area contributed by atoms with E-state index in [9.17, 15) is 13.2 Å². The number of amides is 1. The summed E-state index contributed by atoms with van der Waals surface area (Å²) < 4.78 is 32.6. The van der Waals surface area contributed by atoms with Crippen molar-refractivity contribution in [3.05, 3.63) is 60.2 Å². The van der Waals surface area contributed by atoms with Crippen molar-refractivity contribution in [2.75, 3.05) is 19.0 Å². The van der Waals surface area contributed by atoms with Gasteiger partial charge in [0, 0.05) is 24.7 Å². The monoisotopic (exact) mass is 399 g/mol. The minimum Gasteiger partial charge on any atom is -0.497 e. The van der Waals surface area contributed by atoms with Gasteiger partial charge in [0.2, 0.25) is 5.91 Å². The van der Waals surface area contributed by atoms with E-state index in [0.717, 1.165) is 12.0 Å². The standard InChI is InChI=1S/C20H21N3O4S/c1-27-17-7-2-5-15(13-17)10-11-20(24)22-16-6-3-8-18(14-16)28(25,26)23-19-9-4-12-21-19/h2-3,5-8,10-11,13-14H,4,9,12H2,1H3,(H,21,23)(H,22,24)/b11-10+. The van der Waals surface area contributed by atoms with E-state index < -0.39 is 10.0 Å². The molecule has 8 heteroatoms. The van der Waals surface area contributed by atoms with Gasteiger partial charge in [-0.15, -0.1) is 0 Å². The van der Waals surface area contributed by atoms with E-state index in [2.05, 4.69) is 15.0 Å². The number of methoxy groups -OCH3 is 1. The Bertz CT molecular complexity index is 1030. The molecule has 7 nitrogen and oxygen atoms in total. The second-order valence-corrected chi connectivity index (χ2v) is 7.85. The number of nitrogens with zero attached hydrogens (tertiary/aromatic N) is 1. The maximum atomic E-state index is 12.5. The third-order valence-electron chi connectivity index (χ3n) is 4.06. The van der Waals surface area contributed by atoms with Crippen molar-refractivity contribution in [1.82, 2.24) is 4.72 Å². The molecule has 0 aromatic heterocycles. The highest BCUT2D eigenvalue weighted by atomic mass is 32.2. The molecule has 0 spiro atoms. The fourth-order valence-corrected chi connectivity index (χ4v) is 3.81. The molecule has 1 aliphatic rings. The second-order valence-electron chi connectivity index (χ2n) is 6.16. The van der Waals surface area contributed by atoms with Crippen LogP contribution in [-0.4, -0.2) is 33.8 Å². The minimum atomic E-state index is -3.73. The first-order chi connectivity index (χ1) is 13.5. The number of anilines is 1. The van der Waals surface area contributed by atoms with Crippen molar-refractivity contribution in [2.24, 2.45) is 4.99 Å². The molecule has 0 radical (unpaired) electrons. The van der Waals surface area contributed by atoms with Crippen LogP contribution >= 0.6 is 0 Å². The lowest BCUT2D eigenvalue weighted by Crippen LogP contribution is -2.29. The first-order valence-electron chi connectivity index (χ1n) is 8.75. The quantitative estimate of drug-likeness (QED) is 0.730. The van der Waals surface area contributed by atoms with Crippen LogP contribution in [0.4, 0.5) is 5.69 Å². The van der Waals surface area contributed by atoms with E-state index in [0.29, 0.717) is 30.2 Å². The normalized spacial score (nSPS) is 14.0. The molecule has 0 atom stereocenters. The summed E-state index contributed by atoms with van der Waals surface area (Å²) in [6.07, 6.45) is 4.48. The van der Waals surface area contributed by atoms with E-state index >= 15 is 0 Å². The number of aliphatic imine (C=N–C) groups is 1. The molecular formula is C20H21N3O4S. The van der Waals surface area contributed by atoms with Crippen molar-refractivity contribution in [2.45, 2.75) is 17.7 Å². The van der Waals surface area contributed by atoms with Gasteiger partial charge in [-0.25, -0.2) is 8.42 Å². The predicted molar refractivity (Wildman–Crippen MR) is 109 cm³/mol. The summed E-state index contributed by atoms with van der Waals surface area (Å²) in [7, 11) is -2.15. The van der Waals surface area contributed by atoms with Crippen LogP contribution in [0.3, 0.4) is 0 Å². The molecule has 2 aromatic rings. The van der Waals surface area contributed by atoms with Gasteiger partial charge in [0.05, 0.1) is 12.0 Å². The first kappa shape index (κ1) is 19.6. The molecule has 1 aliphatic heterocycles. The third-order valence-corrected chi connectivity index (χ3v) is 5.44. The van der Waals surface area contributed by atoms with Gasteiger partial charge in [-0.1, -0.05) is 18.2 Å². The van der Waals surface area contributed by atoms with Crippen molar-refractivity contribution in [3.63, 3.8) is 0 Å². The Kier molecular flexibility index (Phi) is 6.10. The van der Waals surface area contributed by atoms with Crippen LogP contribution in [0, 0.1) is 0 Å². The lowest BCUT2D eigenvalue weighted by Gasteiger charge is -2.09. The molecule has 2 aromatic carbocycles. The number of hydrogen-bond donors (Lipinski definition) is 2. The highest BCUT2D eigenvalue weighted by Gasteiger charge is 2.18. The zero-order valence-corrected chi connectivity index (χ0v) is 16.2. The van der Waals surface area contributed by atoms with Crippen LogP contribution in [0.2, 0.25) is 0 Å². The average molecular weight is 399 g/mol. The minimum absolute atomic E-state index is 0.0664. The number of hydrogen-bond acceptors (Lipinski definition) is 5. The summed E-state index contributed by atoms with van der Waals surface area (Å²) in [4.78, 5) is 16.4. The summed E-state index contributed by atoms with van der Waals surface area (Å²) >= 11 is 0. The van der Waals surface area contributed by atoms with Gasteiger partial charge in [0.15, 0.2) is 0 Å². The summed E-state index contributed by atoms with van der Waals surface area (Å²) in [5.41, 5.74) is 1.20. The molecule has 1 amide bonds. The van der Waals surface area contributed by atoms with Crippen LogP contribution in [0.25, 0.3) is 6.08 Å². The lowest BCUT2D eigenvalue weighted by atomic mass is 10.2. The van der Waals surface area contributed by atoms with E-state index in [-0.39, 0.29) is 10.8 Å². The molecule has 0 fully saturated rings. The summed E-state index contributed by atoms with van der Waals surface area (Å²) in [5, 5.41) is 2.67. The van der Waals surface area contributed by atoms with Crippen molar-refractivity contribution < 1.29 is 17.9 Å². The summed E-state index contributed by atoms with van der Waals surface area (Å²) in [5.74, 6) is 0.793. The molecule has 0 saturated heterocycles. The Morgan fingerprint density at radius 2 is 2.00 bits per heavy atom. The summed E-state index contributed by atoms with van der Waals surface area (Å²) in [6, 6.07) is 13.4. The molecule has 0 aliphatic carbocycles. The molecule has 1 heterocycles. The van der Waals surface area contributed by atoms with Crippen LogP contribution < -0.4 is 14.8 Å². The smallest absolute Gasteiger partial charge is 0.262 e. The molecular weight excluding hydrogens is 378 g/mol. The molecule has 2 N–H and O–H groups in total. The topological polar surface area (TPSA) is 96.9 Å². The molecule has 0 unspecified atom stereocenters. The first-order valence-corrected chi connectivity index (χ1v) is 10.2. The molecule has 28 heavy (non-hydrogen) atoms. The number of benzene rings is 2. The molecule has 3 rings (SSSR count). The Labute approximate surface area is 164 Å². The van der Waals surface area contributed by atoms with Gasteiger partial charge in [0.25, 0.3) is 10.0 Å². The maximum Gasteiger partial charge on any atom is 0.262 e. The van der Waals surface area contributed by atoms with Crippen molar-refractivity contribution in [3.8, 4) is 5.75 Å². The van der Waals surface area contributed by atoms with Crippen LogP contribution in [0.1, 0.15) is 18.4 Å². The van der Waals surface area contributed by atoms with Gasteiger partial charge < -0.3 is 10.1 Å². The lowest BCUT2D eigenvalue weighted by molar-refractivity contribution is -0.111. The second kappa shape index (κ2) is 8.71. The SMILES string of the molecule is COc1cccc(/C=C/C(=O)Nc2cccc(S(=O)(=O)NC3=NCCC3)c2)c1. The molecule has 0 bridgehead atoms. The van der Waals surface area contributed by atoms with Gasteiger partial charge in [-0.3, -0.25) is 14.5 Å². The Hall–Kier alpha value is -3.13. The fourth-order valence-electron chi connectivity index (χ4n) is 2.68. The summed E-state index contributed by atoms with van der Waals surface area (Å²) in [6.45, 7) is 0.633. The van der Waals surface area contributed by atoms with E-state index in [4.69, 9.17) is 4.74 Å². The van der Waals surface area contributed by atoms with Crippen LogP contribution in [0.5, 0.6) is 5.75 Å². The molecule has 0 saturated carbocycles. The van der Waals surface area contributed by atoms with Crippen molar-refractivity contribution in [1.29, 1.82) is 0 Å².